The van der Waals surface area contributed by atoms with Gasteiger partial charge in [0.25, 0.3) is 0 Å². The molecule has 1 aliphatic rings. The number of aliphatic hydroxyl groups is 1. The number of aryl methyl sites for hydroxylation is 1. The summed E-state index contributed by atoms with van der Waals surface area (Å²) in [6.07, 6.45) is -0.480. The van der Waals surface area contributed by atoms with Gasteiger partial charge in [-0.15, -0.1) is 0 Å². The fourth-order valence-electron chi connectivity index (χ4n) is 2.97. The van der Waals surface area contributed by atoms with Crippen molar-refractivity contribution in [3.8, 4) is 0 Å². The standard InChI is InChI=1S/C18H24N4O3/c1-14-11-17(20-25-14)19-18(24)13-22-9-7-21(8-10-22)12-16(23)15-5-3-2-4-6-15/h2-6,11,16,23H,7-10,12-13H2,1H3,(H,19,20,24)/t16-/m0/s1. The summed E-state index contributed by atoms with van der Waals surface area (Å²) < 4.78 is 4.93. The molecule has 2 heterocycles. The number of rotatable bonds is 6. The van der Waals surface area contributed by atoms with Crippen LogP contribution in [0.1, 0.15) is 17.4 Å². The van der Waals surface area contributed by atoms with Crippen LogP contribution in [0.5, 0.6) is 0 Å². The Morgan fingerprint density at radius 3 is 2.56 bits per heavy atom. The van der Waals surface area contributed by atoms with Crippen molar-refractivity contribution in [1.29, 1.82) is 0 Å². The van der Waals surface area contributed by atoms with Crippen molar-refractivity contribution in [3.63, 3.8) is 0 Å². The van der Waals surface area contributed by atoms with E-state index in [0.717, 1.165) is 31.7 Å². The number of hydrogen-bond acceptors (Lipinski definition) is 6. The number of piperazine rings is 1. The summed E-state index contributed by atoms with van der Waals surface area (Å²) in [6, 6.07) is 11.4. The van der Waals surface area contributed by atoms with Crippen LogP contribution in [0.3, 0.4) is 0 Å². The van der Waals surface area contributed by atoms with Gasteiger partial charge in [-0.25, -0.2) is 0 Å². The highest BCUT2D eigenvalue weighted by Crippen LogP contribution is 2.15. The number of anilines is 1. The van der Waals surface area contributed by atoms with E-state index in [1.165, 1.54) is 0 Å². The number of aromatic nitrogens is 1. The number of amides is 1. The lowest BCUT2D eigenvalue weighted by Gasteiger charge is -2.35. The minimum Gasteiger partial charge on any atom is -0.387 e. The van der Waals surface area contributed by atoms with Crippen LogP contribution in [0.25, 0.3) is 0 Å². The lowest BCUT2D eigenvalue weighted by atomic mass is 10.1. The van der Waals surface area contributed by atoms with Crippen LogP contribution in [0, 0.1) is 6.92 Å². The Balaban J connectivity index is 1.40. The Hall–Kier alpha value is -2.22. The van der Waals surface area contributed by atoms with Crippen molar-refractivity contribution in [2.45, 2.75) is 13.0 Å². The molecule has 25 heavy (non-hydrogen) atoms. The molecule has 7 nitrogen and oxygen atoms in total. The molecule has 0 spiro atoms. The van der Waals surface area contributed by atoms with Gasteiger partial charge in [-0.3, -0.25) is 14.6 Å². The summed E-state index contributed by atoms with van der Waals surface area (Å²) in [5.74, 6) is 1.03. The molecule has 0 aliphatic carbocycles. The molecule has 1 fully saturated rings. The summed E-state index contributed by atoms with van der Waals surface area (Å²) in [5.41, 5.74) is 0.937. The molecule has 1 amide bonds. The summed E-state index contributed by atoms with van der Waals surface area (Å²) in [5, 5.41) is 16.8. The molecule has 1 saturated heterocycles. The van der Waals surface area contributed by atoms with E-state index in [1.807, 2.05) is 30.3 Å². The minimum absolute atomic E-state index is 0.0916. The molecular weight excluding hydrogens is 320 g/mol. The molecule has 3 rings (SSSR count). The van der Waals surface area contributed by atoms with Gasteiger partial charge in [0.15, 0.2) is 5.82 Å². The van der Waals surface area contributed by atoms with Crippen LogP contribution < -0.4 is 5.32 Å². The third-order valence-corrected chi connectivity index (χ3v) is 4.34. The van der Waals surface area contributed by atoms with Crippen LogP contribution in [0.15, 0.2) is 40.9 Å². The van der Waals surface area contributed by atoms with E-state index in [0.29, 0.717) is 24.7 Å². The highest BCUT2D eigenvalue weighted by molar-refractivity contribution is 5.91. The predicted molar refractivity (Wildman–Crippen MR) is 94.2 cm³/mol. The maximum absolute atomic E-state index is 12.0. The highest BCUT2D eigenvalue weighted by atomic mass is 16.5. The van der Waals surface area contributed by atoms with Gasteiger partial charge in [0.05, 0.1) is 12.6 Å². The molecule has 2 aromatic rings. The SMILES string of the molecule is Cc1cc(NC(=O)CN2CCN(C[C@H](O)c3ccccc3)CC2)no1. The first-order valence-electron chi connectivity index (χ1n) is 8.51. The lowest BCUT2D eigenvalue weighted by molar-refractivity contribution is -0.117. The summed E-state index contributed by atoms with van der Waals surface area (Å²) in [4.78, 5) is 16.4. The zero-order valence-electron chi connectivity index (χ0n) is 14.4. The molecule has 0 radical (unpaired) electrons. The average Bonchev–Trinajstić information content (AvgIpc) is 3.02. The quantitative estimate of drug-likeness (QED) is 0.821. The minimum atomic E-state index is -0.480. The van der Waals surface area contributed by atoms with E-state index < -0.39 is 6.10 Å². The molecule has 0 saturated carbocycles. The van der Waals surface area contributed by atoms with Gasteiger partial charge in [0, 0.05) is 38.8 Å². The summed E-state index contributed by atoms with van der Waals surface area (Å²) in [6.45, 7) is 6.00. The molecule has 1 aliphatic heterocycles. The van der Waals surface area contributed by atoms with Crippen molar-refractivity contribution >= 4 is 11.7 Å². The first kappa shape index (κ1) is 17.6. The van der Waals surface area contributed by atoms with Crippen LogP contribution in [-0.4, -0.2) is 65.2 Å². The maximum atomic E-state index is 12.0. The van der Waals surface area contributed by atoms with Crippen LogP contribution in [0.4, 0.5) is 5.82 Å². The van der Waals surface area contributed by atoms with Crippen molar-refractivity contribution in [2.24, 2.45) is 0 Å². The second-order valence-corrected chi connectivity index (χ2v) is 6.37. The number of β-amino-alcohol motifs (C(OH)–C–C–N with tert-alkyl or cyclic N) is 1. The van der Waals surface area contributed by atoms with E-state index in [9.17, 15) is 9.90 Å². The fraction of sp³-hybridized carbons (Fsp3) is 0.444. The molecule has 7 heteroatoms. The van der Waals surface area contributed by atoms with Gasteiger partial charge >= 0.3 is 0 Å². The number of nitrogens with zero attached hydrogens (tertiary/aromatic N) is 3. The van der Waals surface area contributed by atoms with Crippen LogP contribution >= 0.6 is 0 Å². The van der Waals surface area contributed by atoms with E-state index in [-0.39, 0.29) is 5.91 Å². The topological polar surface area (TPSA) is 81.8 Å². The Morgan fingerprint density at radius 1 is 1.24 bits per heavy atom. The van der Waals surface area contributed by atoms with Crippen molar-refractivity contribution < 1.29 is 14.4 Å². The molecule has 0 bridgehead atoms. The van der Waals surface area contributed by atoms with Crippen LogP contribution in [0.2, 0.25) is 0 Å². The third kappa shape index (κ3) is 5.12. The zero-order valence-corrected chi connectivity index (χ0v) is 14.4. The van der Waals surface area contributed by atoms with Crippen molar-refractivity contribution in [1.82, 2.24) is 15.0 Å². The molecule has 1 aromatic carbocycles. The normalized spacial score (nSPS) is 17.4. The Labute approximate surface area is 147 Å². The summed E-state index contributed by atoms with van der Waals surface area (Å²) >= 11 is 0. The number of carbonyl (C=O) groups is 1. The van der Waals surface area contributed by atoms with Crippen LogP contribution in [-0.2, 0) is 4.79 Å². The molecule has 2 N–H and O–H groups in total. The Bertz CT molecular complexity index is 681. The van der Waals surface area contributed by atoms with Gasteiger partial charge in [-0.1, -0.05) is 35.5 Å². The first-order chi connectivity index (χ1) is 12.1. The molecule has 134 valence electrons. The number of hydrogen-bond donors (Lipinski definition) is 2. The first-order valence-corrected chi connectivity index (χ1v) is 8.51. The smallest absolute Gasteiger partial charge is 0.239 e. The second kappa shape index (κ2) is 8.24. The molecular formula is C18H24N4O3. The summed E-state index contributed by atoms with van der Waals surface area (Å²) in [7, 11) is 0. The molecule has 0 unspecified atom stereocenters. The van der Waals surface area contributed by atoms with Gasteiger partial charge in [0.2, 0.25) is 5.91 Å². The lowest BCUT2D eigenvalue weighted by Crippen LogP contribution is -2.49. The number of benzene rings is 1. The van der Waals surface area contributed by atoms with Gasteiger partial charge in [0.1, 0.15) is 5.76 Å². The number of nitrogens with one attached hydrogen (secondary N) is 1. The molecule has 1 atom stereocenters. The zero-order chi connectivity index (χ0) is 17.6. The molecule has 1 aromatic heterocycles. The van der Waals surface area contributed by atoms with Crippen molar-refractivity contribution in [3.05, 3.63) is 47.7 Å². The third-order valence-electron chi connectivity index (χ3n) is 4.34. The largest absolute Gasteiger partial charge is 0.387 e. The number of carbonyl (C=O) groups excluding carboxylic acids is 1. The Morgan fingerprint density at radius 2 is 1.92 bits per heavy atom. The van der Waals surface area contributed by atoms with E-state index >= 15 is 0 Å². The van der Waals surface area contributed by atoms with Crippen molar-refractivity contribution in [2.75, 3.05) is 44.6 Å². The predicted octanol–water partition coefficient (Wildman–Crippen LogP) is 1.27. The van der Waals surface area contributed by atoms with Gasteiger partial charge in [-0.2, -0.15) is 0 Å². The Kier molecular flexibility index (Phi) is 5.80. The average molecular weight is 344 g/mol. The van der Waals surface area contributed by atoms with Gasteiger partial charge in [-0.05, 0) is 12.5 Å². The van der Waals surface area contributed by atoms with E-state index in [1.54, 1.807) is 13.0 Å². The van der Waals surface area contributed by atoms with E-state index in [2.05, 4.69) is 20.3 Å². The monoisotopic (exact) mass is 344 g/mol. The number of aliphatic hydroxyl groups excluding tert-OH is 1. The maximum Gasteiger partial charge on any atom is 0.239 e. The highest BCUT2D eigenvalue weighted by Gasteiger charge is 2.21. The van der Waals surface area contributed by atoms with Gasteiger partial charge < -0.3 is 14.9 Å². The fourth-order valence-corrected chi connectivity index (χ4v) is 2.97. The van der Waals surface area contributed by atoms with E-state index in [4.69, 9.17) is 4.52 Å². The second-order valence-electron chi connectivity index (χ2n) is 6.37.